The minimum atomic E-state index is -4.70. The molecule has 0 aliphatic carbocycles. The van der Waals surface area contributed by atoms with Gasteiger partial charge in [-0.3, -0.25) is 4.90 Å². The van der Waals surface area contributed by atoms with E-state index in [4.69, 9.17) is 0 Å². The molecule has 6 nitrogen and oxygen atoms in total. The Bertz CT molecular complexity index is 727. The second kappa shape index (κ2) is 10.8. The number of halogens is 6. The Morgan fingerprint density at radius 1 is 1.06 bits per heavy atom. The summed E-state index contributed by atoms with van der Waals surface area (Å²) in [6.45, 7) is 0.807. The van der Waals surface area contributed by atoms with Crippen molar-refractivity contribution in [1.29, 1.82) is 0 Å². The Morgan fingerprint density at radius 2 is 1.71 bits per heavy atom. The zero-order chi connectivity index (χ0) is 23.1. The van der Waals surface area contributed by atoms with E-state index in [1.54, 1.807) is 0 Å². The maximum absolute atomic E-state index is 12.5. The van der Waals surface area contributed by atoms with Gasteiger partial charge in [-0.25, -0.2) is 4.79 Å². The molecule has 12 heteroatoms. The third kappa shape index (κ3) is 9.11. The standard InChI is InChI=1S/C19H25F6N3O3/c1-2-28-8-4-3-5-14(28)10-26-17(29)27-13-6-7-15(30-11-18(20,21)22)16(9-13)31-12-19(23,24)25/h6-7,9,14H,2-5,8,10-12H2,1H3,(H2,26,27,29). The van der Waals surface area contributed by atoms with Gasteiger partial charge in [-0.05, 0) is 38.1 Å². The second-order valence-electron chi connectivity index (χ2n) is 7.08. The first-order valence-electron chi connectivity index (χ1n) is 9.79. The lowest BCUT2D eigenvalue weighted by molar-refractivity contribution is -0.158. The number of carbonyl (C=O) groups excluding carboxylic acids is 1. The van der Waals surface area contributed by atoms with Crippen LogP contribution in [0.25, 0.3) is 0 Å². The van der Waals surface area contributed by atoms with Gasteiger partial charge in [0.05, 0.1) is 0 Å². The predicted molar refractivity (Wildman–Crippen MR) is 101 cm³/mol. The normalized spacial score (nSPS) is 17.8. The van der Waals surface area contributed by atoms with Gasteiger partial charge in [-0.15, -0.1) is 0 Å². The van der Waals surface area contributed by atoms with Crippen molar-refractivity contribution in [2.75, 3.05) is 38.2 Å². The van der Waals surface area contributed by atoms with E-state index >= 15 is 0 Å². The van der Waals surface area contributed by atoms with Gasteiger partial charge in [-0.2, -0.15) is 26.3 Å². The molecule has 1 atom stereocenters. The van der Waals surface area contributed by atoms with Crippen molar-refractivity contribution >= 4 is 11.7 Å². The van der Waals surface area contributed by atoms with Crippen LogP contribution in [0, 0.1) is 0 Å². The Balaban J connectivity index is 2.01. The number of hydrogen-bond acceptors (Lipinski definition) is 4. The van der Waals surface area contributed by atoms with Crippen molar-refractivity contribution in [3.8, 4) is 11.5 Å². The van der Waals surface area contributed by atoms with Crippen molar-refractivity contribution in [2.24, 2.45) is 0 Å². The van der Waals surface area contributed by atoms with E-state index in [0.717, 1.165) is 44.5 Å². The molecule has 2 N–H and O–H groups in total. The van der Waals surface area contributed by atoms with Crippen molar-refractivity contribution in [3.05, 3.63) is 18.2 Å². The number of likely N-dealkylation sites (tertiary alicyclic amines) is 1. The molecule has 31 heavy (non-hydrogen) atoms. The largest absolute Gasteiger partial charge is 0.480 e. The van der Waals surface area contributed by atoms with Crippen LogP contribution in [0.5, 0.6) is 11.5 Å². The van der Waals surface area contributed by atoms with Crippen molar-refractivity contribution in [3.63, 3.8) is 0 Å². The summed E-state index contributed by atoms with van der Waals surface area (Å²) in [6, 6.07) is 2.80. The quantitative estimate of drug-likeness (QED) is 0.562. The summed E-state index contributed by atoms with van der Waals surface area (Å²) in [7, 11) is 0. The molecule has 1 fully saturated rings. The Labute approximate surface area is 175 Å². The lowest BCUT2D eigenvalue weighted by Crippen LogP contribution is -2.47. The third-order valence-corrected chi connectivity index (χ3v) is 4.64. The number of carbonyl (C=O) groups is 1. The molecule has 176 valence electrons. The van der Waals surface area contributed by atoms with Gasteiger partial charge in [0, 0.05) is 24.3 Å². The smallest absolute Gasteiger partial charge is 0.422 e. The summed E-state index contributed by atoms with van der Waals surface area (Å²) in [6.07, 6.45) is -6.28. The molecule has 1 aromatic rings. The van der Waals surface area contributed by atoms with E-state index in [-0.39, 0.29) is 11.7 Å². The molecule has 1 unspecified atom stereocenters. The number of nitrogens with one attached hydrogen (secondary N) is 2. The molecule has 1 aromatic carbocycles. The van der Waals surface area contributed by atoms with Crippen LogP contribution in [0.3, 0.4) is 0 Å². The third-order valence-electron chi connectivity index (χ3n) is 4.64. The molecule has 2 rings (SSSR count). The van der Waals surface area contributed by atoms with Crippen molar-refractivity contribution < 1.29 is 40.6 Å². The molecular formula is C19H25F6N3O3. The Morgan fingerprint density at radius 3 is 2.32 bits per heavy atom. The number of ether oxygens (including phenoxy) is 2. The van der Waals surface area contributed by atoms with Gasteiger partial charge in [0.15, 0.2) is 24.7 Å². The molecule has 0 saturated carbocycles. The molecule has 0 radical (unpaired) electrons. The average molecular weight is 457 g/mol. The summed E-state index contributed by atoms with van der Waals surface area (Å²) < 4.78 is 83.6. The molecule has 1 aliphatic heterocycles. The van der Waals surface area contributed by atoms with Crippen LogP contribution in [0.15, 0.2) is 18.2 Å². The van der Waals surface area contributed by atoms with E-state index in [1.165, 1.54) is 6.07 Å². The lowest BCUT2D eigenvalue weighted by atomic mass is 10.0. The SMILES string of the molecule is CCN1CCCCC1CNC(=O)Nc1ccc(OCC(F)(F)F)c(OCC(F)(F)F)c1. The van der Waals surface area contributed by atoms with Crippen LogP contribution >= 0.6 is 0 Å². The predicted octanol–water partition coefficient (Wildman–Crippen LogP) is 4.56. The summed E-state index contributed by atoms with van der Waals surface area (Å²) in [4.78, 5) is 14.4. The fourth-order valence-electron chi connectivity index (χ4n) is 3.23. The molecule has 1 saturated heterocycles. The summed E-state index contributed by atoms with van der Waals surface area (Å²) in [5.74, 6) is -1.09. The van der Waals surface area contributed by atoms with Crippen LogP contribution in [0.2, 0.25) is 0 Å². The Kier molecular flexibility index (Phi) is 8.66. The van der Waals surface area contributed by atoms with E-state index < -0.39 is 43.1 Å². The van der Waals surface area contributed by atoms with E-state index in [1.807, 2.05) is 6.92 Å². The molecule has 0 spiro atoms. The van der Waals surface area contributed by atoms with Crippen molar-refractivity contribution in [1.82, 2.24) is 10.2 Å². The number of rotatable bonds is 8. The average Bonchev–Trinajstić information content (AvgIpc) is 2.69. The summed E-state index contributed by atoms with van der Waals surface area (Å²) in [5, 5.41) is 5.15. The van der Waals surface area contributed by atoms with Crippen LogP contribution in [-0.2, 0) is 0 Å². The number of benzene rings is 1. The molecular weight excluding hydrogens is 432 g/mol. The maximum Gasteiger partial charge on any atom is 0.422 e. The number of alkyl halides is 6. The first kappa shape index (κ1) is 24.9. The van der Waals surface area contributed by atoms with Crippen LogP contribution in [0.4, 0.5) is 36.8 Å². The van der Waals surface area contributed by atoms with Gasteiger partial charge < -0.3 is 20.1 Å². The first-order valence-corrected chi connectivity index (χ1v) is 9.79. The second-order valence-corrected chi connectivity index (χ2v) is 7.08. The van der Waals surface area contributed by atoms with E-state index in [9.17, 15) is 31.1 Å². The van der Waals surface area contributed by atoms with Crippen LogP contribution in [0.1, 0.15) is 26.2 Å². The van der Waals surface area contributed by atoms with E-state index in [2.05, 4.69) is 25.0 Å². The Hall–Kier alpha value is -2.37. The molecule has 1 aliphatic rings. The highest BCUT2D eigenvalue weighted by atomic mass is 19.4. The number of likely N-dealkylation sites (N-methyl/N-ethyl adjacent to an activating group) is 1. The molecule has 0 bridgehead atoms. The van der Waals surface area contributed by atoms with Gasteiger partial charge in [0.2, 0.25) is 0 Å². The number of hydrogen-bond donors (Lipinski definition) is 2. The lowest BCUT2D eigenvalue weighted by Gasteiger charge is -2.34. The number of urea groups is 1. The zero-order valence-electron chi connectivity index (χ0n) is 16.9. The summed E-state index contributed by atoms with van der Waals surface area (Å²) >= 11 is 0. The van der Waals surface area contributed by atoms with Gasteiger partial charge in [-0.1, -0.05) is 13.3 Å². The monoisotopic (exact) mass is 457 g/mol. The van der Waals surface area contributed by atoms with Crippen molar-refractivity contribution in [2.45, 2.75) is 44.6 Å². The number of piperidine rings is 1. The summed E-state index contributed by atoms with van der Waals surface area (Å²) in [5.41, 5.74) is 0.0463. The fourth-order valence-corrected chi connectivity index (χ4v) is 3.23. The minimum Gasteiger partial charge on any atom is -0.480 e. The molecule has 0 aromatic heterocycles. The van der Waals surface area contributed by atoms with Crippen LogP contribution in [-0.4, -0.2) is 62.2 Å². The number of anilines is 1. The molecule has 2 amide bonds. The van der Waals surface area contributed by atoms with Gasteiger partial charge in [0.1, 0.15) is 0 Å². The van der Waals surface area contributed by atoms with Gasteiger partial charge in [0.25, 0.3) is 0 Å². The topological polar surface area (TPSA) is 62.8 Å². The highest BCUT2D eigenvalue weighted by molar-refractivity contribution is 5.89. The number of amides is 2. The number of nitrogens with zero attached hydrogens (tertiary/aromatic N) is 1. The molecule has 1 heterocycles. The first-order chi connectivity index (χ1) is 14.5. The van der Waals surface area contributed by atoms with Gasteiger partial charge >= 0.3 is 18.4 Å². The minimum absolute atomic E-state index is 0.0463. The highest BCUT2D eigenvalue weighted by Crippen LogP contribution is 2.33. The highest BCUT2D eigenvalue weighted by Gasteiger charge is 2.31. The fraction of sp³-hybridized carbons (Fsp3) is 0.632. The maximum atomic E-state index is 12.5. The van der Waals surface area contributed by atoms with E-state index in [0.29, 0.717) is 6.54 Å². The van der Waals surface area contributed by atoms with Crippen LogP contribution < -0.4 is 20.1 Å². The zero-order valence-corrected chi connectivity index (χ0v) is 16.9.